The molecule has 16 heavy (non-hydrogen) atoms. The lowest BCUT2D eigenvalue weighted by Crippen LogP contribution is -2.13. The predicted molar refractivity (Wildman–Crippen MR) is 72.5 cm³/mol. The van der Waals surface area contributed by atoms with E-state index in [1.807, 2.05) is 6.26 Å². The molecule has 3 nitrogen and oxygen atoms in total. The molecule has 0 aromatic heterocycles. The first-order valence-corrected chi connectivity index (χ1v) is 6.73. The molecule has 0 heterocycles. The van der Waals surface area contributed by atoms with Gasteiger partial charge in [0.2, 0.25) is 5.91 Å². The van der Waals surface area contributed by atoms with E-state index >= 15 is 0 Å². The number of anilines is 2. The van der Waals surface area contributed by atoms with Crippen molar-refractivity contribution in [1.29, 1.82) is 0 Å². The van der Waals surface area contributed by atoms with Crippen LogP contribution in [0.1, 0.15) is 6.42 Å². The second kappa shape index (κ2) is 6.23. The Morgan fingerprint density at radius 2 is 2.19 bits per heavy atom. The highest BCUT2D eigenvalue weighted by Gasteiger charge is 2.10. The van der Waals surface area contributed by atoms with Gasteiger partial charge in [-0.1, -0.05) is 23.2 Å². The summed E-state index contributed by atoms with van der Waals surface area (Å²) in [6, 6.07) is 3.10. The third-order valence-corrected chi connectivity index (χ3v) is 3.01. The molecule has 6 heteroatoms. The van der Waals surface area contributed by atoms with Crippen LogP contribution in [0, 0.1) is 0 Å². The quantitative estimate of drug-likeness (QED) is 0.832. The van der Waals surface area contributed by atoms with Gasteiger partial charge in [-0.2, -0.15) is 11.8 Å². The average molecular weight is 279 g/mol. The van der Waals surface area contributed by atoms with Crippen molar-refractivity contribution in [3.8, 4) is 0 Å². The topological polar surface area (TPSA) is 55.1 Å². The molecule has 0 saturated heterocycles. The molecule has 0 aliphatic heterocycles. The molecule has 0 saturated carbocycles. The summed E-state index contributed by atoms with van der Waals surface area (Å²) in [5.41, 5.74) is 6.51. The van der Waals surface area contributed by atoms with Gasteiger partial charge in [-0.05, 0) is 18.4 Å². The predicted octanol–water partition coefficient (Wildman–Crippen LogP) is 3.27. The summed E-state index contributed by atoms with van der Waals surface area (Å²) in [4.78, 5) is 11.5. The number of halogens is 2. The van der Waals surface area contributed by atoms with Crippen LogP contribution in [-0.4, -0.2) is 17.9 Å². The lowest BCUT2D eigenvalue weighted by atomic mass is 10.2. The molecule has 0 bridgehead atoms. The van der Waals surface area contributed by atoms with Crippen LogP contribution in [0.15, 0.2) is 12.1 Å². The maximum Gasteiger partial charge on any atom is 0.225 e. The van der Waals surface area contributed by atoms with Crippen molar-refractivity contribution in [2.24, 2.45) is 0 Å². The maximum atomic E-state index is 11.5. The molecule has 0 unspecified atom stereocenters. The summed E-state index contributed by atoms with van der Waals surface area (Å²) in [6.07, 6.45) is 2.37. The zero-order valence-corrected chi connectivity index (χ0v) is 11.0. The fourth-order valence-corrected chi connectivity index (χ4v) is 2.07. The second-order valence-electron chi connectivity index (χ2n) is 3.14. The second-order valence-corrected chi connectivity index (χ2v) is 4.97. The van der Waals surface area contributed by atoms with Gasteiger partial charge in [0.05, 0.1) is 16.4 Å². The van der Waals surface area contributed by atoms with Crippen molar-refractivity contribution in [2.75, 3.05) is 23.1 Å². The van der Waals surface area contributed by atoms with Crippen molar-refractivity contribution in [3.05, 3.63) is 22.2 Å². The standard InChI is InChI=1S/C10H12Cl2N2OS/c1-16-3-2-9(15)14-10-7(12)4-6(11)5-8(10)13/h4-5H,2-3,13H2,1H3,(H,14,15). The van der Waals surface area contributed by atoms with Gasteiger partial charge in [0.15, 0.2) is 0 Å². The number of hydrogen-bond donors (Lipinski definition) is 2. The minimum Gasteiger partial charge on any atom is -0.397 e. The van der Waals surface area contributed by atoms with E-state index in [4.69, 9.17) is 28.9 Å². The number of hydrogen-bond acceptors (Lipinski definition) is 3. The van der Waals surface area contributed by atoms with E-state index in [-0.39, 0.29) is 5.91 Å². The summed E-state index contributed by atoms with van der Waals surface area (Å²) in [6.45, 7) is 0. The molecule has 1 amide bonds. The Balaban J connectivity index is 2.77. The monoisotopic (exact) mass is 278 g/mol. The van der Waals surface area contributed by atoms with Gasteiger partial charge in [0.25, 0.3) is 0 Å². The Morgan fingerprint density at radius 3 is 2.75 bits per heavy atom. The molecule has 0 spiro atoms. The third-order valence-electron chi connectivity index (χ3n) is 1.88. The van der Waals surface area contributed by atoms with Crippen LogP contribution in [0.2, 0.25) is 10.0 Å². The van der Waals surface area contributed by atoms with Crippen molar-refractivity contribution in [1.82, 2.24) is 0 Å². The summed E-state index contributed by atoms with van der Waals surface area (Å²) in [5.74, 6) is 0.655. The smallest absolute Gasteiger partial charge is 0.225 e. The number of carbonyl (C=O) groups is 1. The van der Waals surface area contributed by atoms with Crippen molar-refractivity contribution in [2.45, 2.75) is 6.42 Å². The van der Waals surface area contributed by atoms with E-state index in [0.29, 0.717) is 27.8 Å². The number of nitrogens with one attached hydrogen (secondary N) is 1. The molecule has 0 aliphatic rings. The molecule has 0 atom stereocenters. The maximum absolute atomic E-state index is 11.5. The van der Waals surface area contributed by atoms with E-state index in [9.17, 15) is 4.79 Å². The molecule has 0 radical (unpaired) electrons. The number of carbonyl (C=O) groups excluding carboxylic acids is 1. The normalized spacial score (nSPS) is 10.2. The summed E-state index contributed by atoms with van der Waals surface area (Å²) < 4.78 is 0. The third kappa shape index (κ3) is 3.77. The highest BCUT2D eigenvalue weighted by Crippen LogP contribution is 2.32. The molecule has 1 rings (SSSR count). The Bertz CT molecular complexity index is 375. The first-order chi connectivity index (χ1) is 7.54. The molecule has 0 fully saturated rings. The van der Waals surface area contributed by atoms with Crippen molar-refractivity contribution in [3.63, 3.8) is 0 Å². The fourth-order valence-electron chi connectivity index (χ4n) is 1.12. The highest BCUT2D eigenvalue weighted by atomic mass is 35.5. The molecule has 1 aromatic rings. The lowest BCUT2D eigenvalue weighted by Gasteiger charge is -2.10. The minimum atomic E-state index is -0.106. The number of thioether (sulfide) groups is 1. The van der Waals surface area contributed by atoms with Crippen LogP contribution >= 0.6 is 35.0 Å². The van der Waals surface area contributed by atoms with Gasteiger partial charge in [-0.3, -0.25) is 4.79 Å². The van der Waals surface area contributed by atoms with Gasteiger partial charge >= 0.3 is 0 Å². The minimum absolute atomic E-state index is 0.106. The van der Waals surface area contributed by atoms with Crippen LogP contribution in [0.25, 0.3) is 0 Å². The number of benzene rings is 1. The van der Waals surface area contributed by atoms with Gasteiger partial charge < -0.3 is 11.1 Å². The van der Waals surface area contributed by atoms with Crippen LogP contribution in [0.4, 0.5) is 11.4 Å². The average Bonchev–Trinajstić information content (AvgIpc) is 2.20. The van der Waals surface area contributed by atoms with E-state index < -0.39 is 0 Å². The molecule has 3 N–H and O–H groups in total. The van der Waals surface area contributed by atoms with E-state index in [0.717, 1.165) is 5.75 Å². The first-order valence-electron chi connectivity index (χ1n) is 4.58. The molecule has 1 aromatic carbocycles. The van der Waals surface area contributed by atoms with Gasteiger partial charge in [0.1, 0.15) is 0 Å². The van der Waals surface area contributed by atoms with Crippen molar-refractivity contribution >= 4 is 52.2 Å². The summed E-state index contributed by atoms with van der Waals surface area (Å²) in [5, 5.41) is 3.47. The summed E-state index contributed by atoms with van der Waals surface area (Å²) >= 11 is 13.3. The Morgan fingerprint density at radius 1 is 1.50 bits per heavy atom. The fraction of sp³-hybridized carbons (Fsp3) is 0.300. The van der Waals surface area contributed by atoms with Crippen LogP contribution in [0.5, 0.6) is 0 Å². The molecular weight excluding hydrogens is 267 g/mol. The highest BCUT2D eigenvalue weighted by molar-refractivity contribution is 7.98. The van der Waals surface area contributed by atoms with Crippen molar-refractivity contribution < 1.29 is 4.79 Å². The Hall–Kier alpha value is -0.580. The van der Waals surface area contributed by atoms with E-state index in [1.54, 1.807) is 23.9 Å². The number of amides is 1. The zero-order chi connectivity index (χ0) is 12.1. The number of nitrogen functional groups attached to an aromatic ring is 1. The molecule has 0 aliphatic carbocycles. The molecular formula is C10H12Cl2N2OS. The zero-order valence-electron chi connectivity index (χ0n) is 8.72. The van der Waals surface area contributed by atoms with Gasteiger partial charge in [0, 0.05) is 17.2 Å². The first kappa shape index (κ1) is 13.5. The van der Waals surface area contributed by atoms with Gasteiger partial charge in [-0.25, -0.2) is 0 Å². The van der Waals surface area contributed by atoms with Crippen LogP contribution in [0.3, 0.4) is 0 Å². The molecule has 88 valence electrons. The van der Waals surface area contributed by atoms with Crippen LogP contribution in [-0.2, 0) is 4.79 Å². The lowest BCUT2D eigenvalue weighted by molar-refractivity contribution is -0.115. The SMILES string of the molecule is CSCCC(=O)Nc1c(N)cc(Cl)cc1Cl. The Kier molecular flexibility index (Phi) is 5.25. The Labute approximate surface area is 109 Å². The largest absolute Gasteiger partial charge is 0.397 e. The van der Waals surface area contributed by atoms with Crippen LogP contribution < -0.4 is 11.1 Å². The number of rotatable bonds is 4. The summed E-state index contributed by atoms with van der Waals surface area (Å²) in [7, 11) is 0. The van der Waals surface area contributed by atoms with E-state index in [2.05, 4.69) is 5.32 Å². The van der Waals surface area contributed by atoms with E-state index in [1.165, 1.54) is 0 Å². The number of nitrogens with two attached hydrogens (primary N) is 1. The van der Waals surface area contributed by atoms with Gasteiger partial charge in [-0.15, -0.1) is 0 Å².